The van der Waals surface area contributed by atoms with E-state index in [0.717, 1.165) is 52.2 Å². The van der Waals surface area contributed by atoms with Gasteiger partial charge in [0.2, 0.25) is 5.91 Å². The lowest BCUT2D eigenvalue weighted by Crippen LogP contribution is -2.60. The topological polar surface area (TPSA) is 95.6 Å². The monoisotopic (exact) mass is 614 g/mol. The summed E-state index contributed by atoms with van der Waals surface area (Å²) in [5.41, 5.74) is 5.00. The number of para-hydroxylation sites is 2. The SMILES string of the molecule is COc1ccccc1COCCCOc1ccc(C2=C(COC(=O)Cc3ccccc3OC)[C@H]3CN(C(C)=O)C[C@@H](C2)N3)cc1. The maximum atomic E-state index is 12.9. The third-order valence-electron chi connectivity index (χ3n) is 8.26. The summed E-state index contributed by atoms with van der Waals surface area (Å²) < 4.78 is 28.4. The van der Waals surface area contributed by atoms with Crippen LogP contribution in [0.4, 0.5) is 0 Å². The predicted octanol–water partition coefficient (Wildman–Crippen LogP) is 4.82. The first-order chi connectivity index (χ1) is 21.9. The van der Waals surface area contributed by atoms with Crippen LogP contribution in [-0.2, 0) is 32.1 Å². The smallest absolute Gasteiger partial charge is 0.310 e. The maximum absolute atomic E-state index is 12.9. The summed E-state index contributed by atoms with van der Waals surface area (Å²) in [6, 6.07) is 23.4. The zero-order valence-electron chi connectivity index (χ0n) is 26.3. The van der Waals surface area contributed by atoms with Crippen molar-refractivity contribution in [3.05, 3.63) is 95.1 Å². The van der Waals surface area contributed by atoms with Gasteiger partial charge < -0.3 is 33.9 Å². The summed E-state index contributed by atoms with van der Waals surface area (Å²) in [5, 5.41) is 3.65. The van der Waals surface area contributed by atoms with Crippen molar-refractivity contribution in [2.75, 3.05) is 47.1 Å². The molecule has 2 atom stereocenters. The molecule has 2 heterocycles. The van der Waals surface area contributed by atoms with E-state index in [1.807, 2.05) is 65.6 Å². The third kappa shape index (κ3) is 8.44. The van der Waals surface area contributed by atoms with Crippen molar-refractivity contribution >= 4 is 17.4 Å². The highest BCUT2D eigenvalue weighted by atomic mass is 16.5. The van der Waals surface area contributed by atoms with Crippen LogP contribution in [0.5, 0.6) is 17.2 Å². The van der Waals surface area contributed by atoms with E-state index in [1.165, 1.54) is 0 Å². The number of carbonyl (C=O) groups excluding carboxylic acids is 2. The van der Waals surface area contributed by atoms with Gasteiger partial charge in [-0.3, -0.25) is 9.59 Å². The average molecular weight is 615 g/mol. The molecule has 2 aliphatic rings. The molecule has 3 aromatic carbocycles. The summed E-state index contributed by atoms with van der Waals surface area (Å²) in [6.07, 6.45) is 1.60. The lowest BCUT2D eigenvalue weighted by molar-refractivity contribution is -0.142. The average Bonchev–Trinajstić information content (AvgIpc) is 3.06. The van der Waals surface area contributed by atoms with Gasteiger partial charge in [-0.05, 0) is 47.4 Å². The first-order valence-electron chi connectivity index (χ1n) is 15.4. The fourth-order valence-electron chi connectivity index (χ4n) is 5.94. The summed E-state index contributed by atoms with van der Waals surface area (Å²) >= 11 is 0. The Bertz CT molecular complexity index is 1490. The Hall–Kier alpha value is -4.34. The molecular weight excluding hydrogens is 572 g/mol. The fourth-order valence-corrected chi connectivity index (χ4v) is 5.94. The van der Waals surface area contributed by atoms with Crippen molar-refractivity contribution < 1.29 is 33.3 Å². The Labute approximate surface area is 265 Å². The Balaban J connectivity index is 1.20. The van der Waals surface area contributed by atoms with Gasteiger partial charge in [0.15, 0.2) is 0 Å². The minimum Gasteiger partial charge on any atom is -0.496 e. The molecule has 0 unspecified atom stereocenters. The number of piperazine rings is 1. The van der Waals surface area contributed by atoms with E-state index in [9.17, 15) is 9.59 Å². The van der Waals surface area contributed by atoms with Crippen LogP contribution < -0.4 is 19.5 Å². The van der Waals surface area contributed by atoms with E-state index in [4.69, 9.17) is 23.7 Å². The fraction of sp³-hybridized carbons (Fsp3) is 0.389. The second-order valence-electron chi connectivity index (χ2n) is 11.3. The number of esters is 1. The zero-order chi connectivity index (χ0) is 31.6. The van der Waals surface area contributed by atoms with Crippen LogP contribution in [0.2, 0.25) is 0 Å². The van der Waals surface area contributed by atoms with Crippen LogP contribution in [-0.4, -0.2) is 76.0 Å². The second-order valence-corrected chi connectivity index (χ2v) is 11.3. The van der Waals surface area contributed by atoms with Crippen LogP contribution >= 0.6 is 0 Å². The number of methoxy groups -OCH3 is 2. The Morgan fingerprint density at radius 2 is 1.53 bits per heavy atom. The van der Waals surface area contributed by atoms with Crippen LogP contribution in [0.25, 0.3) is 5.57 Å². The largest absolute Gasteiger partial charge is 0.496 e. The van der Waals surface area contributed by atoms with Gasteiger partial charge in [0.05, 0.1) is 46.5 Å². The molecule has 9 nitrogen and oxygen atoms in total. The first kappa shape index (κ1) is 32.1. The molecule has 1 fully saturated rings. The van der Waals surface area contributed by atoms with E-state index in [2.05, 4.69) is 17.4 Å². The van der Waals surface area contributed by atoms with Crippen LogP contribution in [0.3, 0.4) is 0 Å². The normalized spacial score (nSPS) is 17.5. The van der Waals surface area contributed by atoms with Gasteiger partial charge in [-0.15, -0.1) is 0 Å². The van der Waals surface area contributed by atoms with Crippen molar-refractivity contribution in [1.82, 2.24) is 10.2 Å². The van der Waals surface area contributed by atoms with Crippen molar-refractivity contribution in [3.63, 3.8) is 0 Å². The Morgan fingerprint density at radius 1 is 0.844 bits per heavy atom. The van der Waals surface area contributed by atoms with Gasteiger partial charge in [0, 0.05) is 43.6 Å². The van der Waals surface area contributed by atoms with Crippen LogP contribution in [0.1, 0.15) is 36.5 Å². The molecule has 45 heavy (non-hydrogen) atoms. The summed E-state index contributed by atoms with van der Waals surface area (Å²) in [6.45, 7) is 4.54. The lowest BCUT2D eigenvalue weighted by Gasteiger charge is -2.44. The molecule has 1 N–H and O–H groups in total. The molecule has 1 saturated heterocycles. The van der Waals surface area contributed by atoms with Gasteiger partial charge in [-0.2, -0.15) is 0 Å². The molecule has 0 radical (unpaired) electrons. The standard InChI is InChI=1S/C36H42N2O7/c1-25(39)38-21-29-20-31(32(33(22-38)37-29)24-45-36(40)19-27-9-4-6-11-34(27)41-2)26-13-15-30(16-14-26)44-18-8-17-43-23-28-10-5-7-12-35(28)42-3/h4-7,9-16,29,33,37H,8,17-24H2,1-3H3/t29-,33-/m1/s1. The number of rotatable bonds is 14. The summed E-state index contributed by atoms with van der Waals surface area (Å²) in [4.78, 5) is 27.0. The molecule has 238 valence electrons. The van der Waals surface area contributed by atoms with Crippen LogP contribution in [0, 0.1) is 0 Å². The second kappa shape index (κ2) is 15.6. The number of hydrogen-bond acceptors (Lipinski definition) is 8. The molecular formula is C36H42N2O7. The molecule has 0 aliphatic carbocycles. The van der Waals surface area contributed by atoms with Gasteiger partial charge in [-0.25, -0.2) is 0 Å². The highest BCUT2D eigenvalue weighted by Crippen LogP contribution is 2.34. The number of carbonyl (C=O) groups is 2. The molecule has 3 aromatic rings. The summed E-state index contributed by atoms with van der Waals surface area (Å²) in [7, 11) is 3.25. The van der Waals surface area contributed by atoms with E-state index in [1.54, 1.807) is 21.1 Å². The van der Waals surface area contributed by atoms with Crippen molar-refractivity contribution in [2.45, 2.75) is 44.9 Å². The molecule has 0 spiro atoms. The minimum absolute atomic E-state index is 0.0501. The van der Waals surface area contributed by atoms with E-state index < -0.39 is 0 Å². The van der Waals surface area contributed by atoms with Gasteiger partial charge >= 0.3 is 5.97 Å². The van der Waals surface area contributed by atoms with Crippen molar-refractivity contribution in [2.24, 2.45) is 0 Å². The number of nitrogens with one attached hydrogen (secondary N) is 1. The molecule has 5 rings (SSSR count). The van der Waals surface area contributed by atoms with Gasteiger partial charge in [0.25, 0.3) is 0 Å². The molecule has 0 aromatic heterocycles. The quantitative estimate of drug-likeness (QED) is 0.204. The number of benzene rings is 3. The summed E-state index contributed by atoms with van der Waals surface area (Å²) in [5.74, 6) is 1.98. The molecule has 2 bridgehead atoms. The Kier molecular flexibility index (Phi) is 11.1. The van der Waals surface area contributed by atoms with Crippen LogP contribution in [0.15, 0.2) is 78.4 Å². The van der Waals surface area contributed by atoms with E-state index in [-0.39, 0.29) is 37.0 Å². The molecule has 9 heteroatoms. The predicted molar refractivity (Wildman–Crippen MR) is 171 cm³/mol. The van der Waals surface area contributed by atoms with Gasteiger partial charge in [-0.1, -0.05) is 48.5 Å². The minimum atomic E-state index is -0.330. The number of ether oxygens (including phenoxy) is 5. The third-order valence-corrected chi connectivity index (χ3v) is 8.26. The number of nitrogens with zero attached hydrogens (tertiary/aromatic N) is 1. The number of amides is 1. The number of hydrogen-bond donors (Lipinski definition) is 1. The highest BCUT2D eigenvalue weighted by Gasteiger charge is 2.36. The Morgan fingerprint density at radius 3 is 2.24 bits per heavy atom. The molecule has 0 saturated carbocycles. The highest BCUT2D eigenvalue weighted by molar-refractivity contribution is 5.77. The maximum Gasteiger partial charge on any atom is 0.310 e. The van der Waals surface area contributed by atoms with Gasteiger partial charge in [0.1, 0.15) is 23.9 Å². The molecule has 1 amide bonds. The van der Waals surface area contributed by atoms with E-state index in [0.29, 0.717) is 38.7 Å². The number of fused-ring (bicyclic) bond motifs is 2. The van der Waals surface area contributed by atoms with E-state index >= 15 is 0 Å². The van der Waals surface area contributed by atoms with Crippen molar-refractivity contribution in [3.8, 4) is 17.2 Å². The zero-order valence-corrected chi connectivity index (χ0v) is 26.3. The lowest BCUT2D eigenvalue weighted by atomic mass is 9.84. The first-order valence-corrected chi connectivity index (χ1v) is 15.4. The van der Waals surface area contributed by atoms with Crippen molar-refractivity contribution in [1.29, 1.82) is 0 Å². The molecule has 2 aliphatic heterocycles.